The average Bonchev–Trinajstić information content (AvgIpc) is 2.67. The lowest BCUT2D eigenvalue weighted by Gasteiger charge is -2.02. The molecule has 1 heterocycles. The predicted octanol–water partition coefficient (Wildman–Crippen LogP) is 5.22. The van der Waals surface area contributed by atoms with Gasteiger partial charge in [-0.3, -0.25) is 0 Å². The van der Waals surface area contributed by atoms with Crippen LogP contribution >= 0.6 is 43.2 Å². The largest absolute Gasteiger partial charge is 0.506 e. The number of benzene rings is 1. The van der Waals surface area contributed by atoms with Gasteiger partial charge in [0.1, 0.15) is 16.8 Å². The van der Waals surface area contributed by atoms with Crippen LogP contribution in [0.2, 0.25) is 0 Å². The van der Waals surface area contributed by atoms with Crippen molar-refractivity contribution < 1.29 is 5.11 Å². The van der Waals surface area contributed by atoms with Gasteiger partial charge >= 0.3 is 0 Å². The molecule has 3 nitrogen and oxygen atoms in total. The van der Waals surface area contributed by atoms with E-state index >= 15 is 0 Å². The standard InChI is InChI=1S/C14H10Br2N2OS/c1-7-8(2)20-14(11(7)5-17)18-6-9-3-10(15)4-12(16)13(9)19/h3-4,6,19H,1-2H3. The Morgan fingerprint density at radius 1 is 1.35 bits per heavy atom. The SMILES string of the molecule is Cc1sc(N=Cc2cc(Br)cc(Br)c2O)c(C#N)c1C. The van der Waals surface area contributed by atoms with E-state index in [-0.39, 0.29) is 5.75 Å². The van der Waals surface area contributed by atoms with Crippen LogP contribution < -0.4 is 0 Å². The van der Waals surface area contributed by atoms with E-state index in [9.17, 15) is 10.4 Å². The fourth-order valence-corrected chi connectivity index (χ4v) is 3.85. The Hall–Kier alpha value is -1.16. The number of rotatable bonds is 2. The quantitative estimate of drug-likeness (QED) is 0.686. The summed E-state index contributed by atoms with van der Waals surface area (Å²) in [6.07, 6.45) is 1.57. The van der Waals surface area contributed by atoms with Crippen LogP contribution in [0.5, 0.6) is 5.75 Å². The maximum absolute atomic E-state index is 9.97. The van der Waals surface area contributed by atoms with Gasteiger partial charge in [-0.1, -0.05) is 15.9 Å². The lowest BCUT2D eigenvalue weighted by atomic mass is 10.2. The van der Waals surface area contributed by atoms with Crippen molar-refractivity contribution in [3.05, 3.63) is 42.6 Å². The zero-order chi connectivity index (χ0) is 14.9. The summed E-state index contributed by atoms with van der Waals surface area (Å²) in [6, 6.07) is 5.70. The Labute approximate surface area is 137 Å². The average molecular weight is 414 g/mol. The van der Waals surface area contributed by atoms with Gasteiger partial charge in [0.25, 0.3) is 0 Å². The predicted molar refractivity (Wildman–Crippen MR) is 89.3 cm³/mol. The molecule has 6 heteroatoms. The van der Waals surface area contributed by atoms with Crippen molar-refractivity contribution in [3.8, 4) is 11.8 Å². The molecule has 0 fully saturated rings. The van der Waals surface area contributed by atoms with Gasteiger partial charge in [-0.15, -0.1) is 11.3 Å². The number of halogens is 2. The molecule has 0 saturated heterocycles. The fourth-order valence-electron chi connectivity index (χ4n) is 1.64. The molecule has 0 amide bonds. The molecule has 0 aliphatic carbocycles. The van der Waals surface area contributed by atoms with Crippen LogP contribution in [0.25, 0.3) is 0 Å². The molecule has 0 aliphatic heterocycles. The third-order valence-corrected chi connectivity index (χ3v) is 5.03. The number of thiophene rings is 1. The Balaban J connectivity index is 2.45. The monoisotopic (exact) mass is 412 g/mol. The second kappa shape index (κ2) is 6.08. The highest BCUT2D eigenvalue weighted by Gasteiger charge is 2.11. The molecule has 0 bridgehead atoms. The van der Waals surface area contributed by atoms with Gasteiger partial charge in [-0.2, -0.15) is 5.26 Å². The molecule has 0 aliphatic rings. The van der Waals surface area contributed by atoms with Gasteiger partial charge in [-0.25, -0.2) is 4.99 Å². The number of aliphatic imine (C=N–C) groups is 1. The summed E-state index contributed by atoms with van der Waals surface area (Å²) in [4.78, 5) is 5.42. The number of phenolic OH excluding ortho intramolecular Hbond substituents is 1. The number of aryl methyl sites for hydroxylation is 1. The normalized spacial score (nSPS) is 10.9. The van der Waals surface area contributed by atoms with Gasteiger partial charge in [0, 0.05) is 21.1 Å². The number of aromatic hydroxyl groups is 1. The van der Waals surface area contributed by atoms with Crippen molar-refractivity contribution in [2.24, 2.45) is 4.99 Å². The first-order chi connectivity index (χ1) is 9.43. The molecule has 1 N–H and O–H groups in total. The zero-order valence-electron chi connectivity index (χ0n) is 10.7. The number of hydrogen-bond donors (Lipinski definition) is 1. The highest BCUT2D eigenvalue weighted by molar-refractivity contribution is 9.11. The van der Waals surface area contributed by atoms with Crippen molar-refractivity contribution in [3.63, 3.8) is 0 Å². The number of nitrogens with zero attached hydrogens (tertiary/aromatic N) is 2. The van der Waals surface area contributed by atoms with Gasteiger partial charge in [-0.05, 0) is 47.5 Å². The Morgan fingerprint density at radius 2 is 2.05 bits per heavy atom. The minimum absolute atomic E-state index is 0.125. The van der Waals surface area contributed by atoms with E-state index in [2.05, 4.69) is 42.9 Å². The van der Waals surface area contributed by atoms with Crippen LogP contribution in [0.1, 0.15) is 21.6 Å². The van der Waals surface area contributed by atoms with Crippen molar-refractivity contribution in [1.29, 1.82) is 5.26 Å². The van der Waals surface area contributed by atoms with E-state index in [4.69, 9.17) is 0 Å². The molecular formula is C14H10Br2N2OS. The summed E-state index contributed by atoms with van der Waals surface area (Å²) >= 11 is 8.11. The van der Waals surface area contributed by atoms with Crippen LogP contribution in [-0.4, -0.2) is 11.3 Å². The van der Waals surface area contributed by atoms with E-state index < -0.39 is 0 Å². The lowest BCUT2D eigenvalue weighted by Crippen LogP contribution is -1.84. The topological polar surface area (TPSA) is 56.4 Å². The van der Waals surface area contributed by atoms with E-state index in [1.807, 2.05) is 13.8 Å². The van der Waals surface area contributed by atoms with Gasteiger partial charge in [0.2, 0.25) is 0 Å². The summed E-state index contributed by atoms with van der Waals surface area (Å²) in [5.41, 5.74) is 2.14. The molecule has 0 unspecified atom stereocenters. The molecular weight excluding hydrogens is 404 g/mol. The Morgan fingerprint density at radius 3 is 2.70 bits per heavy atom. The first kappa shape index (κ1) is 15.2. The summed E-state index contributed by atoms with van der Waals surface area (Å²) < 4.78 is 1.43. The molecule has 20 heavy (non-hydrogen) atoms. The van der Waals surface area contributed by atoms with E-state index in [0.29, 0.717) is 20.6 Å². The zero-order valence-corrected chi connectivity index (χ0v) is 14.7. The molecule has 2 rings (SSSR count). The van der Waals surface area contributed by atoms with E-state index in [1.54, 1.807) is 18.3 Å². The first-order valence-electron chi connectivity index (χ1n) is 5.66. The second-order valence-corrected chi connectivity index (χ2v) is 7.13. The number of nitriles is 1. The van der Waals surface area contributed by atoms with Gasteiger partial charge in [0.05, 0.1) is 10.0 Å². The van der Waals surface area contributed by atoms with Crippen molar-refractivity contribution >= 4 is 54.4 Å². The second-order valence-electron chi connectivity index (χ2n) is 4.16. The highest BCUT2D eigenvalue weighted by atomic mass is 79.9. The maximum atomic E-state index is 9.97. The van der Waals surface area contributed by atoms with E-state index in [1.165, 1.54) is 11.3 Å². The summed E-state index contributed by atoms with van der Waals surface area (Å²) in [7, 11) is 0. The minimum atomic E-state index is 0.125. The van der Waals surface area contributed by atoms with Gasteiger partial charge < -0.3 is 5.11 Å². The fraction of sp³-hybridized carbons (Fsp3) is 0.143. The van der Waals surface area contributed by atoms with Crippen LogP contribution in [0.4, 0.5) is 5.00 Å². The molecule has 102 valence electrons. The van der Waals surface area contributed by atoms with E-state index in [0.717, 1.165) is 14.9 Å². The Bertz CT molecular complexity index is 741. The summed E-state index contributed by atoms with van der Waals surface area (Å²) in [6.45, 7) is 3.88. The highest BCUT2D eigenvalue weighted by Crippen LogP contribution is 2.35. The molecule has 1 aromatic carbocycles. The summed E-state index contributed by atoms with van der Waals surface area (Å²) in [5.74, 6) is 0.125. The minimum Gasteiger partial charge on any atom is -0.506 e. The molecule has 1 aromatic heterocycles. The molecule has 0 spiro atoms. The van der Waals surface area contributed by atoms with Crippen LogP contribution in [0.15, 0.2) is 26.1 Å². The van der Waals surface area contributed by atoms with Gasteiger partial charge in [0.15, 0.2) is 0 Å². The van der Waals surface area contributed by atoms with Crippen molar-refractivity contribution in [2.45, 2.75) is 13.8 Å². The van der Waals surface area contributed by atoms with Crippen molar-refractivity contribution in [2.75, 3.05) is 0 Å². The maximum Gasteiger partial charge on any atom is 0.138 e. The molecule has 0 radical (unpaired) electrons. The lowest BCUT2D eigenvalue weighted by molar-refractivity contribution is 0.471. The third kappa shape index (κ3) is 2.95. The number of phenols is 1. The first-order valence-corrected chi connectivity index (χ1v) is 8.06. The third-order valence-electron chi connectivity index (χ3n) is 2.86. The van der Waals surface area contributed by atoms with Crippen molar-refractivity contribution in [1.82, 2.24) is 0 Å². The van der Waals surface area contributed by atoms with Crippen LogP contribution in [-0.2, 0) is 0 Å². The number of hydrogen-bond acceptors (Lipinski definition) is 4. The molecule has 0 atom stereocenters. The smallest absolute Gasteiger partial charge is 0.138 e. The van der Waals surface area contributed by atoms with Crippen LogP contribution in [0.3, 0.4) is 0 Å². The molecule has 0 saturated carbocycles. The molecule has 2 aromatic rings. The Kier molecular flexibility index (Phi) is 4.63. The van der Waals surface area contributed by atoms with Crippen LogP contribution in [0, 0.1) is 25.2 Å². The summed E-state index contributed by atoms with van der Waals surface area (Å²) in [5, 5.41) is 19.8.